The summed E-state index contributed by atoms with van der Waals surface area (Å²) in [6.45, 7) is 4.41. The molecule has 0 radical (unpaired) electrons. The number of amides is 2. The fourth-order valence-corrected chi connectivity index (χ4v) is 4.40. The molecule has 0 aliphatic carbocycles. The summed E-state index contributed by atoms with van der Waals surface area (Å²) in [7, 11) is 0. The number of carbonyl (C=O) groups excluding carboxylic acids is 2. The highest BCUT2D eigenvalue weighted by molar-refractivity contribution is 5.82. The van der Waals surface area contributed by atoms with Gasteiger partial charge in [0.05, 0.1) is 18.5 Å². The third kappa shape index (κ3) is 3.47. The average molecular weight is 374 g/mol. The summed E-state index contributed by atoms with van der Waals surface area (Å²) < 4.78 is 0. The third-order valence-electron chi connectivity index (χ3n) is 5.87. The van der Waals surface area contributed by atoms with Gasteiger partial charge in [-0.2, -0.15) is 0 Å². The van der Waals surface area contributed by atoms with Crippen LogP contribution in [0.1, 0.15) is 60.5 Å². The minimum absolute atomic E-state index is 0.0416. The summed E-state index contributed by atoms with van der Waals surface area (Å²) in [6, 6.07) is 16.4. The Morgan fingerprint density at radius 1 is 1.07 bits per heavy atom. The topological polar surface area (TPSA) is 40.6 Å². The van der Waals surface area contributed by atoms with Crippen LogP contribution < -0.4 is 0 Å². The van der Waals surface area contributed by atoms with Crippen molar-refractivity contribution < 1.29 is 9.59 Å². The minimum atomic E-state index is -0.245. The van der Waals surface area contributed by atoms with Gasteiger partial charge < -0.3 is 9.80 Å². The molecule has 4 rings (SSSR count). The van der Waals surface area contributed by atoms with Crippen LogP contribution in [-0.2, 0) is 9.59 Å². The van der Waals surface area contributed by atoms with E-state index in [4.69, 9.17) is 0 Å². The Balaban J connectivity index is 1.58. The second kappa shape index (κ2) is 7.63. The van der Waals surface area contributed by atoms with Crippen molar-refractivity contribution in [3.63, 3.8) is 0 Å². The van der Waals surface area contributed by atoms with E-state index in [0.717, 1.165) is 30.5 Å². The summed E-state index contributed by atoms with van der Waals surface area (Å²) in [4.78, 5) is 29.2. The van der Waals surface area contributed by atoms with E-state index in [1.165, 1.54) is 11.1 Å². The van der Waals surface area contributed by atoms with Crippen LogP contribution >= 0.6 is 0 Å². The van der Waals surface area contributed by atoms with Gasteiger partial charge in [-0.1, -0.05) is 54.1 Å². The largest absolute Gasteiger partial charge is 0.336 e. The van der Waals surface area contributed by atoms with E-state index in [1.54, 1.807) is 11.8 Å². The van der Waals surface area contributed by atoms with Crippen LogP contribution in [0.5, 0.6) is 0 Å². The van der Waals surface area contributed by atoms with Crippen LogP contribution in [0.2, 0.25) is 0 Å². The molecule has 28 heavy (non-hydrogen) atoms. The van der Waals surface area contributed by atoms with Gasteiger partial charge in [-0.25, -0.2) is 0 Å². The van der Waals surface area contributed by atoms with Crippen molar-refractivity contribution >= 4 is 17.9 Å². The molecule has 2 heterocycles. The number of likely N-dealkylation sites (tertiary alicyclic amines) is 1. The standard InChI is InChI=1S/C24H26N2O2/c1-17-9-11-20(12-10-17)22-8-5-14-26(22)24(28)16-23-21-7-4-3-6-19(21)13-15-25(23)18(2)27/h3-4,6-7,9-13,15,22-23H,5,8,14,16H2,1-2H3. The molecule has 2 atom stereocenters. The molecule has 4 heteroatoms. The van der Waals surface area contributed by atoms with E-state index in [0.29, 0.717) is 6.42 Å². The zero-order valence-electron chi connectivity index (χ0n) is 16.5. The van der Waals surface area contributed by atoms with Crippen LogP contribution in [-0.4, -0.2) is 28.2 Å². The highest BCUT2D eigenvalue weighted by Crippen LogP contribution is 2.37. The molecule has 2 aliphatic heterocycles. The molecule has 0 saturated carbocycles. The van der Waals surface area contributed by atoms with E-state index in [2.05, 4.69) is 31.2 Å². The van der Waals surface area contributed by atoms with E-state index in [9.17, 15) is 9.59 Å². The van der Waals surface area contributed by atoms with Gasteiger partial charge in [0.2, 0.25) is 11.8 Å². The van der Waals surface area contributed by atoms with Crippen LogP contribution in [0, 0.1) is 6.92 Å². The lowest BCUT2D eigenvalue weighted by molar-refractivity contribution is -0.135. The lowest BCUT2D eigenvalue weighted by Crippen LogP contribution is -2.37. The summed E-state index contributed by atoms with van der Waals surface area (Å²) in [6.07, 6.45) is 6.07. The first-order chi connectivity index (χ1) is 13.5. The first-order valence-electron chi connectivity index (χ1n) is 9.96. The predicted octanol–water partition coefficient (Wildman–Crippen LogP) is 4.62. The Kier molecular flexibility index (Phi) is 5.03. The molecule has 0 bridgehead atoms. The molecule has 0 N–H and O–H groups in total. The fourth-order valence-electron chi connectivity index (χ4n) is 4.40. The van der Waals surface area contributed by atoms with E-state index in [-0.39, 0.29) is 23.9 Å². The molecule has 2 amide bonds. The first-order valence-corrected chi connectivity index (χ1v) is 9.96. The van der Waals surface area contributed by atoms with Crippen molar-refractivity contribution in [2.75, 3.05) is 6.54 Å². The number of aryl methyl sites for hydroxylation is 1. The van der Waals surface area contributed by atoms with Crippen LogP contribution in [0.3, 0.4) is 0 Å². The zero-order valence-corrected chi connectivity index (χ0v) is 16.5. The van der Waals surface area contributed by atoms with E-state index < -0.39 is 0 Å². The molecule has 2 aliphatic rings. The average Bonchev–Trinajstić information content (AvgIpc) is 3.18. The summed E-state index contributed by atoms with van der Waals surface area (Å²) in [5.41, 5.74) is 4.54. The Bertz CT molecular complexity index is 916. The lowest BCUT2D eigenvalue weighted by Gasteiger charge is -2.34. The van der Waals surface area contributed by atoms with Gasteiger partial charge in [0.15, 0.2) is 0 Å². The Morgan fingerprint density at radius 2 is 1.82 bits per heavy atom. The van der Waals surface area contributed by atoms with Crippen LogP contribution in [0.4, 0.5) is 0 Å². The van der Waals surface area contributed by atoms with Gasteiger partial charge in [-0.3, -0.25) is 9.59 Å². The van der Waals surface area contributed by atoms with Crippen molar-refractivity contribution in [1.82, 2.24) is 9.80 Å². The maximum atomic E-state index is 13.3. The third-order valence-corrected chi connectivity index (χ3v) is 5.87. The van der Waals surface area contributed by atoms with Crippen molar-refractivity contribution in [3.8, 4) is 0 Å². The summed E-state index contributed by atoms with van der Waals surface area (Å²) in [5, 5.41) is 0. The van der Waals surface area contributed by atoms with Gasteiger partial charge >= 0.3 is 0 Å². The molecular weight excluding hydrogens is 348 g/mol. The van der Waals surface area contributed by atoms with Crippen LogP contribution in [0.15, 0.2) is 54.7 Å². The smallest absolute Gasteiger partial charge is 0.225 e. The SMILES string of the molecule is CC(=O)N1C=Cc2ccccc2C1CC(=O)N1CCCC1c1ccc(C)cc1. The van der Waals surface area contributed by atoms with Crippen molar-refractivity contribution in [2.45, 2.75) is 45.2 Å². The zero-order chi connectivity index (χ0) is 19.7. The van der Waals surface area contributed by atoms with E-state index in [1.807, 2.05) is 41.4 Å². The van der Waals surface area contributed by atoms with Crippen molar-refractivity contribution in [1.29, 1.82) is 0 Å². The molecule has 4 nitrogen and oxygen atoms in total. The highest BCUT2D eigenvalue weighted by Gasteiger charge is 2.34. The quantitative estimate of drug-likeness (QED) is 0.786. The maximum Gasteiger partial charge on any atom is 0.225 e. The first kappa shape index (κ1) is 18.5. The predicted molar refractivity (Wildman–Crippen MR) is 110 cm³/mol. The van der Waals surface area contributed by atoms with E-state index >= 15 is 0 Å². The molecule has 1 fully saturated rings. The maximum absolute atomic E-state index is 13.3. The van der Waals surface area contributed by atoms with Crippen molar-refractivity contribution in [2.24, 2.45) is 0 Å². The molecular formula is C24H26N2O2. The van der Waals surface area contributed by atoms with Gasteiger partial charge in [-0.05, 0) is 42.5 Å². The number of hydrogen-bond donors (Lipinski definition) is 0. The number of carbonyl (C=O) groups is 2. The molecule has 144 valence electrons. The molecule has 2 aromatic carbocycles. The lowest BCUT2D eigenvalue weighted by atomic mass is 9.93. The summed E-state index contributed by atoms with van der Waals surface area (Å²) >= 11 is 0. The number of fused-ring (bicyclic) bond motifs is 1. The molecule has 0 spiro atoms. The number of nitrogens with zero attached hydrogens (tertiary/aromatic N) is 2. The molecule has 0 aromatic heterocycles. The highest BCUT2D eigenvalue weighted by atomic mass is 16.2. The number of rotatable bonds is 3. The van der Waals surface area contributed by atoms with Gasteiger partial charge in [-0.15, -0.1) is 0 Å². The van der Waals surface area contributed by atoms with Gasteiger partial charge in [0.25, 0.3) is 0 Å². The van der Waals surface area contributed by atoms with Gasteiger partial charge in [0, 0.05) is 19.7 Å². The summed E-state index contributed by atoms with van der Waals surface area (Å²) in [5.74, 6) is 0.0736. The monoisotopic (exact) mass is 374 g/mol. The number of hydrogen-bond acceptors (Lipinski definition) is 2. The van der Waals surface area contributed by atoms with Crippen molar-refractivity contribution in [3.05, 3.63) is 77.0 Å². The Labute approximate surface area is 166 Å². The second-order valence-electron chi connectivity index (χ2n) is 7.75. The Hall–Kier alpha value is -2.88. The minimum Gasteiger partial charge on any atom is -0.336 e. The molecule has 2 aromatic rings. The molecule has 2 unspecified atom stereocenters. The fraction of sp³-hybridized carbons (Fsp3) is 0.333. The second-order valence-corrected chi connectivity index (χ2v) is 7.75. The molecule has 1 saturated heterocycles. The Morgan fingerprint density at radius 3 is 2.57 bits per heavy atom. The number of benzene rings is 2. The van der Waals surface area contributed by atoms with Crippen LogP contribution in [0.25, 0.3) is 6.08 Å². The van der Waals surface area contributed by atoms with Gasteiger partial charge in [0.1, 0.15) is 0 Å². The normalized spacial score (nSPS) is 20.9.